The van der Waals surface area contributed by atoms with E-state index in [1.54, 1.807) is 39.0 Å². The van der Waals surface area contributed by atoms with Crippen molar-refractivity contribution in [2.45, 2.75) is 33.0 Å². The largest absolute Gasteiger partial charge is 0.494 e. The lowest BCUT2D eigenvalue weighted by Gasteiger charge is -2.20. The van der Waals surface area contributed by atoms with E-state index in [4.69, 9.17) is 9.47 Å². The maximum Gasteiger partial charge on any atom is 0.412 e. The predicted octanol–water partition coefficient (Wildman–Crippen LogP) is 2.53. The van der Waals surface area contributed by atoms with Crippen LogP contribution in [0.25, 0.3) is 0 Å². The number of nitrogens with one attached hydrogen (secondary N) is 1. The Morgan fingerprint density at radius 3 is 2.56 bits per heavy atom. The molecule has 0 bridgehead atoms. The Hall–Kier alpha value is -1.75. The van der Waals surface area contributed by atoms with Gasteiger partial charge in [-0.3, -0.25) is 5.32 Å². The summed E-state index contributed by atoms with van der Waals surface area (Å²) in [5.74, 6) is 0.436. The fourth-order valence-corrected chi connectivity index (χ4v) is 1.46. The number of carbonyl (C=O) groups is 1. The third kappa shape index (κ3) is 3.92. The van der Waals surface area contributed by atoms with Crippen LogP contribution in [0.15, 0.2) is 18.2 Å². The average Bonchev–Trinajstić information content (AvgIpc) is 2.25. The minimum atomic E-state index is -0.564. The van der Waals surface area contributed by atoms with E-state index >= 15 is 0 Å². The lowest BCUT2D eigenvalue weighted by Crippen LogP contribution is -2.27. The quantitative estimate of drug-likeness (QED) is 0.868. The highest BCUT2D eigenvalue weighted by Gasteiger charge is 2.18. The first-order valence-electron chi connectivity index (χ1n) is 5.64. The van der Waals surface area contributed by atoms with Crippen molar-refractivity contribution in [2.75, 3.05) is 12.4 Å². The van der Waals surface area contributed by atoms with Gasteiger partial charge in [-0.25, -0.2) is 4.79 Å². The van der Waals surface area contributed by atoms with E-state index in [9.17, 15) is 9.90 Å². The number of rotatable bonds is 3. The van der Waals surface area contributed by atoms with E-state index in [2.05, 4.69) is 5.32 Å². The maximum atomic E-state index is 11.6. The van der Waals surface area contributed by atoms with Crippen molar-refractivity contribution in [2.24, 2.45) is 0 Å². The number of hydrogen-bond donors (Lipinski definition) is 2. The van der Waals surface area contributed by atoms with E-state index in [0.717, 1.165) is 0 Å². The molecule has 18 heavy (non-hydrogen) atoms. The predicted molar refractivity (Wildman–Crippen MR) is 68.8 cm³/mol. The molecule has 0 unspecified atom stereocenters. The van der Waals surface area contributed by atoms with Crippen LogP contribution in [0.3, 0.4) is 0 Å². The van der Waals surface area contributed by atoms with Crippen LogP contribution < -0.4 is 10.1 Å². The Labute approximate surface area is 107 Å². The summed E-state index contributed by atoms with van der Waals surface area (Å²) >= 11 is 0. The summed E-state index contributed by atoms with van der Waals surface area (Å²) in [7, 11) is 1.48. The molecule has 0 saturated carbocycles. The van der Waals surface area contributed by atoms with Gasteiger partial charge in [0.1, 0.15) is 11.4 Å². The number of aliphatic hydroxyl groups excluding tert-OH is 1. The topological polar surface area (TPSA) is 67.8 Å². The van der Waals surface area contributed by atoms with Crippen LogP contribution in [0.5, 0.6) is 5.75 Å². The highest BCUT2D eigenvalue weighted by molar-refractivity contribution is 5.87. The minimum absolute atomic E-state index is 0.160. The van der Waals surface area contributed by atoms with E-state index in [1.807, 2.05) is 0 Å². The number of benzene rings is 1. The molecule has 0 fully saturated rings. The molecule has 1 rings (SSSR count). The zero-order valence-electron chi connectivity index (χ0n) is 11.1. The second kappa shape index (κ2) is 5.73. The van der Waals surface area contributed by atoms with Gasteiger partial charge in [-0.15, -0.1) is 0 Å². The van der Waals surface area contributed by atoms with Gasteiger partial charge in [0.2, 0.25) is 0 Å². The first kappa shape index (κ1) is 14.3. The number of aliphatic hydroxyl groups is 1. The molecular weight excluding hydrogens is 234 g/mol. The van der Waals surface area contributed by atoms with Crippen molar-refractivity contribution in [3.8, 4) is 5.75 Å². The summed E-state index contributed by atoms with van der Waals surface area (Å²) in [4.78, 5) is 11.6. The summed E-state index contributed by atoms with van der Waals surface area (Å²) < 4.78 is 10.3. The van der Waals surface area contributed by atoms with Gasteiger partial charge in [0.15, 0.2) is 0 Å². The number of para-hydroxylation sites is 1. The van der Waals surface area contributed by atoms with E-state index < -0.39 is 11.7 Å². The Morgan fingerprint density at radius 2 is 2.06 bits per heavy atom. The zero-order valence-corrected chi connectivity index (χ0v) is 11.1. The van der Waals surface area contributed by atoms with Crippen molar-refractivity contribution in [3.05, 3.63) is 23.8 Å². The Morgan fingerprint density at radius 1 is 1.39 bits per heavy atom. The number of hydrogen-bond acceptors (Lipinski definition) is 4. The number of amides is 1. The number of methoxy groups -OCH3 is 1. The average molecular weight is 253 g/mol. The molecule has 0 heterocycles. The lowest BCUT2D eigenvalue weighted by molar-refractivity contribution is 0.0635. The molecule has 2 N–H and O–H groups in total. The van der Waals surface area contributed by atoms with Gasteiger partial charge in [-0.2, -0.15) is 0 Å². The third-order valence-corrected chi connectivity index (χ3v) is 2.11. The third-order valence-electron chi connectivity index (χ3n) is 2.11. The van der Waals surface area contributed by atoms with Gasteiger partial charge < -0.3 is 14.6 Å². The summed E-state index contributed by atoms with van der Waals surface area (Å²) in [6.45, 7) is 5.20. The number of ether oxygens (including phenoxy) is 2. The van der Waals surface area contributed by atoms with Crippen LogP contribution in [-0.2, 0) is 11.3 Å². The molecule has 1 aromatic carbocycles. The Balaban J connectivity index is 2.87. The normalized spacial score (nSPS) is 10.9. The second-order valence-corrected chi connectivity index (χ2v) is 4.78. The smallest absolute Gasteiger partial charge is 0.412 e. The van der Waals surface area contributed by atoms with Crippen molar-refractivity contribution >= 4 is 11.8 Å². The van der Waals surface area contributed by atoms with Gasteiger partial charge >= 0.3 is 6.09 Å². The standard InChI is InChI=1S/C13H19NO4/c1-13(2,3)18-12(16)14-10-7-5-6-9(8-15)11(10)17-4/h5-7,15H,8H2,1-4H3,(H,14,16). The van der Waals surface area contributed by atoms with Crippen LogP contribution in [0, 0.1) is 0 Å². The van der Waals surface area contributed by atoms with Gasteiger partial charge in [0.05, 0.1) is 19.4 Å². The first-order valence-corrected chi connectivity index (χ1v) is 5.64. The summed E-state index contributed by atoms with van der Waals surface area (Å²) in [6, 6.07) is 5.13. The molecule has 5 nitrogen and oxygen atoms in total. The van der Waals surface area contributed by atoms with Crippen LogP contribution in [0.1, 0.15) is 26.3 Å². The SMILES string of the molecule is COc1c(CO)cccc1NC(=O)OC(C)(C)C. The maximum absolute atomic E-state index is 11.6. The molecule has 1 aromatic rings. The second-order valence-electron chi connectivity index (χ2n) is 4.78. The van der Waals surface area contributed by atoms with Gasteiger partial charge in [-0.1, -0.05) is 12.1 Å². The molecule has 0 aliphatic heterocycles. The highest BCUT2D eigenvalue weighted by atomic mass is 16.6. The van der Waals surface area contributed by atoms with Crippen LogP contribution in [-0.4, -0.2) is 23.9 Å². The molecule has 0 aromatic heterocycles. The summed E-state index contributed by atoms with van der Waals surface area (Å²) in [5, 5.41) is 11.8. The fourth-order valence-electron chi connectivity index (χ4n) is 1.46. The molecule has 0 atom stereocenters. The molecule has 1 amide bonds. The van der Waals surface area contributed by atoms with Crippen LogP contribution in [0.2, 0.25) is 0 Å². The van der Waals surface area contributed by atoms with Crippen molar-refractivity contribution < 1.29 is 19.4 Å². The first-order chi connectivity index (χ1) is 8.37. The van der Waals surface area contributed by atoms with E-state index in [1.165, 1.54) is 7.11 Å². The Bertz CT molecular complexity index is 423. The molecule has 0 aliphatic rings. The zero-order chi connectivity index (χ0) is 13.8. The molecule has 0 radical (unpaired) electrons. The number of carbonyl (C=O) groups excluding carboxylic acids is 1. The van der Waals surface area contributed by atoms with Crippen molar-refractivity contribution in [1.82, 2.24) is 0 Å². The molecule has 0 aliphatic carbocycles. The minimum Gasteiger partial charge on any atom is -0.494 e. The number of anilines is 1. The van der Waals surface area contributed by atoms with E-state index in [0.29, 0.717) is 17.0 Å². The van der Waals surface area contributed by atoms with Gasteiger partial charge in [0, 0.05) is 5.56 Å². The summed E-state index contributed by atoms with van der Waals surface area (Å²) in [6.07, 6.45) is -0.559. The molecule has 0 saturated heterocycles. The van der Waals surface area contributed by atoms with Crippen LogP contribution in [0.4, 0.5) is 10.5 Å². The molecule has 100 valence electrons. The van der Waals surface area contributed by atoms with E-state index in [-0.39, 0.29) is 6.61 Å². The van der Waals surface area contributed by atoms with Gasteiger partial charge in [0.25, 0.3) is 0 Å². The lowest BCUT2D eigenvalue weighted by atomic mass is 10.2. The molecular formula is C13H19NO4. The monoisotopic (exact) mass is 253 g/mol. The highest BCUT2D eigenvalue weighted by Crippen LogP contribution is 2.29. The fraction of sp³-hybridized carbons (Fsp3) is 0.462. The Kier molecular flexibility index (Phi) is 4.55. The van der Waals surface area contributed by atoms with Crippen molar-refractivity contribution in [1.29, 1.82) is 0 Å². The van der Waals surface area contributed by atoms with Crippen LogP contribution >= 0.6 is 0 Å². The van der Waals surface area contributed by atoms with Crippen molar-refractivity contribution in [3.63, 3.8) is 0 Å². The summed E-state index contributed by atoms with van der Waals surface area (Å²) in [5.41, 5.74) is 0.510. The van der Waals surface area contributed by atoms with Gasteiger partial charge in [-0.05, 0) is 26.8 Å². The molecule has 5 heteroatoms. The molecule has 0 spiro atoms.